The summed E-state index contributed by atoms with van der Waals surface area (Å²) in [7, 11) is 0. The van der Waals surface area contributed by atoms with Crippen molar-refractivity contribution in [2.45, 2.75) is 64.3 Å². The lowest BCUT2D eigenvalue weighted by atomic mass is 9.46. The molecule has 2 N–H and O–H groups in total. The summed E-state index contributed by atoms with van der Waals surface area (Å²) in [5.74, 6) is 0.837. The van der Waals surface area contributed by atoms with Gasteiger partial charge in [-0.25, -0.2) is 0 Å². The predicted octanol–water partition coefficient (Wildman–Crippen LogP) is 2.00. The molecule has 3 saturated carbocycles. The first-order valence-electron chi connectivity index (χ1n) is 10.1. The molecule has 1 unspecified atom stereocenters. The first-order chi connectivity index (χ1) is 12.4. The van der Waals surface area contributed by atoms with E-state index in [0.29, 0.717) is 24.7 Å². The van der Waals surface area contributed by atoms with Crippen LogP contribution in [0.25, 0.3) is 0 Å². The Bertz CT molecular complexity index is 699. The van der Waals surface area contributed by atoms with E-state index in [2.05, 4.69) is 6.92 Å². The number of ketones is 2. The van der Waals surface area contributed by atoms with Crippen LogP contribution in [-0.2, 0) is 14.3 Å². The second-order valence-corrected chi connectivity index (χ2v) is 9.49. The van der Waals surface area contributed by atoms with Crippen LogP contribution >= 0.6 is 0 Å². The lowest BCUT2D eigenvalue weighted by Gasteiger charge is -2.57. The van der Waals surface area contributed by atoms with Crippen LogP contribution in [0.4, 0.5) is 0 Å². The zero-order valence-corrected chi connectivity index (χ0v) is 15.3. The Morgan fingerprint density at radius 2 is 2.12 bits per heavy atom. The van der Waals surface area contributed by atoms with Crippen molar-refractivity contribution in [3.8, 4) is 0 Å². The van der Waals surface area contributed by atoms with Gasteiger partial charge in [-0.1, -0.05) is 12.5 Å². The van der Waals surface area contributed by atoms with Crippen molar-refractivity contribution in [3.63, 3.8) is 0 Å². The minimum Gasteiger partial charge on any atom is -0.389 e. The van der Waals surface area contributed by atoms with E-state index in [4.69, 9.17) is 4.74 Å². The number of aliphatic hydroxyl groups excluding tert-OH is 2. The maximum absolute atomic E-state index is 12.4. The molecule has 1 heterocycles. The van der Waals surface area contributed by atoms with Crippen LogP contribution in [0.1, 0.15) is 51.9 Å². The Balaban J connectivity index is 1.57. The third-order valence-electron chi connectivity index (χ3n) is 8.79. The summed E-state index contributed by atoms with van der Waals surface area (Å²) in [6, 6.07) is 0. The van der Waals surface area contributed by atoms with Crippen molar-refractivity contribution in [1.82, 2.24) is 0 Å². The molecule has 8 atom stereocenters. The molecule has 1 saturated heterocycles. The van der Waals surface area contributed by atoms with Gasteiger partial charge in [-0.05, 0) is 67.8 Å². The molecular weight excluding hydrogens is 332 g/mol. The monoisotopic (exact) mass is 360 g/mol. The van der Waals surface area contributed by atoms with E-state index in [1.54, 1.807) is 0 Å². The Morgan fingerprint density at radius 3 is 2.88 bits per heavy atom. The number of aliphatic hydroxyl groups is 2. The fourth-order valence-corrected chi connectivity index (χ4v) is 7.80. The van der Waals surface area contributed by atoms with Gasteiger partial charge in [-0.3, -0.25) is 9.59 Å². The summed E-state index contributed by atoms with van der Waals surface area (Å²) < 4.78 is 6.13. The fraction of sp³-hybridized carbons (Fsp3) is 0.810. The lowest BCUT2D eigenvalue weighted by Crippen LogP contribution is -2.55. The van der Waals surface area contributed by atoms with Gasteiger partial charge < -0.3 is 14.9 Å². The van der Waals surface area contributed by atoms with E-state index in [-0.39, 0.29) is 34.9 Å². The third-order valence-corrected chi connectivity index (χ3v) is 8.79. The van der Waals surface area contributed by atoms with E-state index in [1.165, 1.54) is 5.57 Å². The van der Waals surface area contributed by atoms with E-state index >= 15 is 0 Å². The van der Waals surface area contributed by atoms with Crippen molar-refractivity contribution in [2.24, 2.45) is 34.5 Å². The Morgan fingerprint density at radius 1 is 1.31 bits per heavy atom. The summed E-state index contributed by atoms with van der Waals surface area (Å²) in [5, 5.41) is 20.4. The Kier molecular flexibility index (Phi) is 3.61. The highest BCUT2D eigenvalue weighted by Crippen LogP contribution is 2.71. The van der Waals surface area contributed by atoms with Gasteiger partial charge in [0, 0.05) is 17.8 Å². The maximum Gasteiger partial charge on any atom is 0.162 e. The number of Topliss-reactive ketones (excluding diaryl/α,β-unsaturated/α-hetero) is 1. The summed E-state index contributed by atoms with van der Waals surface area (Å²) in [4.78, 5) is 24.4. The molecule has 4 aliphatic carbocycles. The first kappa shape index (κ1) is 17.1. The molecule has 5 rings (SSSR count). The molecule has 142 valence electrons. The molecule has 5 nitrogen and oxygen atoms in total. The summed E-state index contributed by atoms with van der Waals surface area (Å²) in [6.07, 6.45) is 6.72. The quantitative estimate of drug-likeness (QED) is 0.787. The molecule has 4 fully saturated rings. The summed E-state index contributed by atoms with van der Waals surface area (Å²) >= 11 is 0. The molecule has 0 amide bonds. The molecule has 2 bridgehead atoms. The number of fused-ring (bicyclic) bond motifs is 6. The van der Waals surface area contributed by atoms with E-state index in [9.17, 15) is 19.8 Å². The van der Waals surface area contributed by atoms with Gasteiger partial charge in [0.1, 0.15) is 6.61 Å². The van der Waals surface area contributed by atoms with Gasteiger partial charge in [0.05, 0.1) is 6.10 Å². The van der Waals surface area contributed by atoms with Crippen LogP contribution in [0.2, 0.25) is 0 Å². The highest BCUT2D eigenvalue weighted by atomic mass is 16.6. The van der Waals surface area contributed by atoms with Gasteiger partial charge in [0.2, 0.25) is 0 Å². The van der Waals surface area contributed by atoms with Crippen LogP contribution in [0.3, 0.4) is 0 Å². The zero-order chi connectivity index (χ0) is 18.3. The van der Waals surface area contributed by atoms with Crippen LogP contribution in [0.5, 0.6) is 0 Å². The molecule has 1 spiro atoms. The number of carbonyl (C=O) groups is 2. The smallest absolute Gasteiger partial charge is 0.162 e. The number of ether oxygens (including phenoxy) is 1. The van der Waals surface area contributed by atoms with E-state index in [1.807, 2.05) is 6.08 Å². The largest absolute Gasteiger partial charge is 0.389 e. The molecule has 0 aromatic carbocycles. The Hall–Kier alpha value is -1.04. The zero-order valence-electron chi connectivity index (χ0n) is 15.3. The second kappa shape index (κ2) is 5.49. The highest BCUT2D eigenvalue weighted by Gasteiger charge is 2.71. The molecule has 5 aliphatic rings. The SMILES string of the molecule is C[C@]12CCC(=O)C=C1CC[C@@H]1[C@@H]2[C@@H]2C[C@]3(C(O)O2)[C@H](C(=O)CO)CC[C@@H]13. The topological polar surface area (TPSA) is 83.8 Å². The summed E-state index contributed by atoms with van der Waals surface area (Å²) in [5.41, 5.74) is 0.735. The lowest BCUT2D eigenvalue weighted by molar-refractivity contribution is -0.160. The second-order valence-electron chi connectivity index (χ2n) is 9.49. The molecule has 26 heavy (non-hydrogen) atoms. The number of carbonyl (C=O) groups excluding carboxylic acids is 2. The molecular formula is C21H28O5. The van der Waals surface area contributed by atoms with Crippen molar-refractivity contribution in [1.29, 1.82) is 0 Å². The summed E-state index contributed by atoms with van der Waals surface area (Å²) in [6.45, 7) is 1.84. The normalized spacial score (nSPS) is 52.1. The van der Waals surface area contributed by atoms with Gasteiger partial charge in [0.25, 0.3) is 0 Å². The number of allylic oxidation sites excluding steroid dienone is 1. The number of hydrogen-bond acceptors (Lipinski definition) is 5. The number of rotatable bonds is 2. The van der Waals surface area contributed by atoms with E-state index in [0.717, 1.165) is 32.1 Å². The average Bonchev–Trinajstić information content (AvgIpc) is 3.14. The van der Waals surface area contributed by atoms with Crippen molar-refractivity contribution >= 4 is 11.6 Å². The highest BCUT2D eigenvalue weighted by molar-refractivity contribution is 5.91. The van der Waals surface area contributed by atoms with Gasteiger partial charge in [0.15, 0.2) is 17.9 Å². The van der Waals surface area contributed by atoms with Gasteiger partial charge in [-0.15, -0.1) is 0 Å². The van der Waals surface area contributed by atoms with Crippen LogP contribution < -0.4 is 0 Å². The predicted molar refractivity (Wildman–Crippen MR) is 92.9 cm³/mol. The molecule has 0 radical (unpaired) electrons. The molecule has 0 aromatic heterocycles. The number of hydrogen-bond donors (Lipinski definition) is 2. The molecule has 0 aromatic rings. The molecule has 5 heteroatoms. The van der Waals surface area contributed by atoms with Crippen molar-refractivity contribution in [3.05, 3.63) is 11.6 Å². The fourth-order valence-electron chi connectivity index (χ4n) is 7.80. The van der Waals surface area contributed by atoms with Crippen molar-refractivity contribution < 1.29 is 24.5 Å². The van der Waals surface area contributed by atoms with Gasteiger partial charge >= 0.3 is 0 Å². The maximum atomic E-state index is 12.4. The first-order valence-corrected chi connectivity index (χ1v) is 10.1. The van der Waals surface area contributed by atoms with E-state index < -0.39 is 18.3 Å². The molecule has 1 aliphatic heterocycles. The minimum absolute atomic E-state index is 0.0310. The third kappa shape index (κ3) is 1.92. The van der Waals surface area contributed by atoms with Crippen LogP contribution in [-0.4, -0.2) is 40.8 Å². The Labute approximate surface area is 153 Å². The van der Waals surface area contributed by atoms with Crippen LogP contribution in [0.15, 0.2) is 11.6 Å². The average molecular weight is 360 g/mol. The minimum atomic E-state index is -0.910. The van der Waals surface area contributed by atoms with Crippen molar-refractivity contribution in [2.75, 3.05) is 6.61 Å². The van der Waals surface area contributed by atoms with Crippen LogP contribution in [0, 0.1) is 34.5 Å². The standard InChI is InChI=1S/C21H28O5/c1-20-7-6-12(23)8-11(20)2-3-13-14-4-5-15(16(24)10-22)21(14)9-17(18(13)20)26-19(21)25/h8,13-15,17-19,22,25H,2-7,9-10H2,1H3/t13-,14-,15-,17-,18+,19?,20-,21+/m0/s1. The van der Waals surface area contributed by atoms with Gasteiger partial charge in [-0.2, -0.15) is 0 Å².